The summed E-state index contributed by atoms with van der Waals surface area (Å²) in [4.78, 5) is 27.0. The number of anilines is 2. The fourth-order valence-corrected chi connectivity index (χ4v) is 3.62. The zero-order valence-electron chi connectivity index (χ0n) is 17.0. The van der Waals surface area contributed by atoms with Crippen molar-refractivity contribution in [1.29, 1.82) is 0 Å². The van der Waals surface area contributed by atoms with E-state index in [0.29, 0.717) is 18.7 Å². The van der Waals surface area contributed by atoms with Crippen molar-refractivity contribution in [3.63, 3.8) is 0 Å². The lowest BCUT2D eigenvalue weighted by Crippen LogP contribution is -2.30. The summed E-state index contributed by atoms with van der Waals surface area (Å²) in [7, 11) is 0. The molecule has 5 heteroatoms. The normalized spacial score (nSPS) is 12.4. The van der Waals surface area contributed by atoms with E-state index in [4.69, 9.17) is 0 Å². The Morgan fingerprint density at radius 2 is 1.77 bits per heavy atom. The molecule has 2 amide bonds. The van der Waals surface area contributed by atoms with Crippen molar-refractivity contribution in [3.8, 4) is 0 Å². The number of aryl methyl sites for hydroxylation is 1. The Morgan fingerprint density at radius 1 is 0.967 bits per heavy atom. The van der Waals surface area contributed by atoms with Crippen LogP contribution in [-0.4, -0.2) is 24.9 Å². The van der Waals surface area contributed by atoms with Gasteiger partial charge in [0.15, 0.2) is 0 Å². The molecule has 5 nitrogen and oxygen atoms in total. The maximum Gasteiger partial charge on any atom is 0.258 e. The summed E-state index contributed by atoms with van der Waals surface area (Å²) in [6.45, 7) is 3.37. The minimum Gasteiger partial charge on any atom is -0.376 e. The highest BCUT2D eigenvalue weighted by atomic mass is 16.2. The molecule has 0 unspecified atom stereocenters. The smallest absolute Gasteiger partial charge is 0.258 e. The third-order valence-electron chi connectivity index (χ3n) is 5.31. The average molecular weight is 399 g/mol. The number of fused-ring (bicyclic) bond motifs is 1. The van der Waals surface area contributed by atoms with Gasteiger partial charge < -0.3 is 15.5 Å². The Hall–Kier alpha value is -3.60. The number of benzene rings is 3. The lowest BCUT2D eigenvalue weighted by molar-refractivity contribution is -0.119. The zero-order chi connectivity index (χ0) is 20.9. The number of hydrogen-bond donors (Lipinski definition) is 2. The highest BCUT2D eigenvalue weighted by Gasteiger charge is 2.25. The van der Waals surface area contributed by atoms with Gasteiger partial charge in [0.1, 0.15) is 0 Å². The molecule has 1 aliphatic rings. The van der Waals surface area contributed by atoms with Crippen LogP contribution in [0.1, 0.15) is 27.0 Å². The molecule has 2 N–H and O–H groups in total. The average Bonchev–Trinajstić information content (AvgIpc) is 3.21. The monoisotopic (exact) mass is 399 g/mol. The van der Waals surface area contributed by atoms with Gasteiger partial charge in [-0.25, -0.2) is 0 Å². The summed E-state index contributed by atoms with van der Waals surface area (Å²) in [5.74, 6) is -0.117. The number of amides is 2. The second-order valence-corrected chi connectivity index (χ2v) is 7.53. The number of carbonyl (C=O) groups excluding carboxylic acids is 2. The van der Waals surface area contributed by atoms with Crippen LogP contribution in [0.3, 0.4) is 0 Å². The first kappa shape index (κ1) is 19.7. The number of nitrogens with one attached hydrogen (secondary N) is 2. The minimum absolute atomic E-state index is 0.0209. The highest BCUT2D eigenvalue weighted by Crippen LogP contribution is 2.29. The van der Waals surface area contributed by atoms with Crippen LogP contribution >= 0.6 is 0 Å². The van der Waals surface area contributed by atoms with Gasteiger partial charge in [-0.15, -0.1) is 0 Å². The van der Waals surface area contributed by atoms with Crippen LogP contribution in [0, 0.1) is 6.92 Å². The zero-order valence-corrected chi connectivity index (χ0v) is 17.0. The van der Waals surface area contributed by atoms with E-state index >= 15 is 0 Å². The Labute approximate surface area is 176 Å². The molecule has 0 saturated heterocycles. The van der Waals surface area contributed by atoms with Crippen molar-refractivity contribution < 1.29 is 9.59 Å². The molecule has 0 atom stereocenters. The summed E-state index contributed by atoms with van der Waals surface area (Å²) in [6.07, 6.45) is 0.876. The Kier molecular flexibility index (Phi) is 5.80. The molecule has 0 aliphatic carbocycles. The van der Waals surface area contributed by atoms with E-state index in [-0.39, 0.29) is 18.4 Å². The fraction of sp³-hybridized carbons (Fsp3) is 0.200. The summed E-state index contributed by atoms with van der Waals surface area (Å²) in [5, 5.41) is 6.02. The summed E-state index contributed by atoms with van der Waals surface area (Å²) < 4.78 is 0. The van der Waals surface area contributed by atoms with Crippen molar-refractivity contribution in [2.45, 2.75) is 19.9 Å². The van der Waals surface area contributed by atoms with Crippen molar-refractivity contribution in [1.82, 2.24) is 5.32 Å². The molecular formula is C25H25N3O2. The predicted octanol–water partition coefficient (Wildman–Crippen LogP) is 3.93. The van der Waals surface area contributed by atoms with Gasteiger partial charge in [-0.05, 0) is 48.7 Å². The molecule has 3 aromatic carbocycles. The first-order chi connectivity index (χ1) is 14.6. The van der Waals surface area contributed by atoms with E-state index in [1.165, 1.54) is 11.1 Å². The van der Waals surface area contributed by atoms with Gasteiger partial charge in [-0.1, -0.05) is 54.1 Å². The quantitative estimate of drug-likeness (QED) is 0.660. The molecule has 0 fully saturated rings. The Morgan fingerprint density at radius 3 is 2.60 bits per heavy atom. The molecule has 1 aliphatic heterocycles. The molecule has 0 radical (unpaired) electrons. The van der Waals surface area contributed by atoms with Crippen LogP contribution in [0.15, 0.2) is 72.8 Å². The topological polar surface area (TPSA) is 61.4 Å². The third kappa shape index (κ3) is 4.51. The predicted molar refractivity (Wildman–Crippen MR) is 120 cm³/mol. The van der Waals surface area contributed by atoms with Crippen molar-refractivity contribution >= 4 is 23.2 Å². The van der Waals surface area contributed by atoms with Gasteiger partial charge in [0.2, 0.25) is 5.91 Å². The molecule has 152 valence electrons. The Bertz CT molecular complexity index is 1060. The largest absolute Gasteiger partial charge is 0.376 e. The second kappa shape index (κ2) is 8.82. The van der Waals surface area contributed by atoms with E-state index in [0.717, 1.165) is 23.4 Å². The number of carbonyl (C=O) groups is 2. The van der Waals surface area contributed by atoms with Crippen LogP contribution < -0.4 is 15.5 Å². The molecule has 0 aromatic heterocycles. The molecule has 0 saturated carbocycles. The minimum atomic E-state index is -0.0965. The van der Waals surface area contributed by atoms with Crippen LogP contribution in [0.5, 0.6) is 0 Å². The van der Waals surface area contributed by atoms with E-state index in [1.54, 1.807) is 6.07 Å². The summed E-state index contributed by atoms with van der Waals surface area (Å²) in [5.41, 5.74) is 5.79. The molecule has 1 heterocycles. The fourth-order valence-electron chi connectivity index (χ4n) is 3.62. The van der Waals surface area contributed by atoms with Crippen LogP contribution in [0.2, 0.25) is 0 Å². The van der Waals surface area contributed by atoms with Crippen LogP contribution in [0.25, 0.3) is 0 Å². The van der Waals surface area contributed by atoms with E-state index in [9.17, 15) is 9.59 Å². The lowest BCUT2D eigenvalue weighted by atomic mass is 10.1. The van der Waals surface area contributed by atoms with Crippen LogP contribution in [0.4, 0.5) is 11.4 Å². The number of hydrogen-bond acceptors (Lipinski definition) is 3. The maximum atomic E-state index is 13.0. The van der Waals surface area contributed by atoms with Gasteiger partial charge >= 0.3 is 0 Å². The standard InChI is InChI=1S/C25H25N3O2/c1-18-9-11-19(12-10-18)16-27-24(29)17-26-22-7-4-6-21(15-22)25(30)28-14-13-20-5-2-3-8-23(20)28/h2-12,15,26H,13-14,16-17H2,1H3,(H,27,29). The summed E-state index contributed by atoms with van der Waals surface area (Å²) >= 11 is 0. The van der Waals surface area contributed by atoms with Gasteiger partial charge in [0, 0.05) is 30.0 Å². The number of para-hydroxylation sites is 1. The van der Waals surface area contributed by atoms with E-state index in [1.807, 2.05) is 72.5 Å². The van der Waals surface area contributed by atoms with Crippen molar-refractivity contribution in [2.75, 3.05) is 23.3 Å². The van der Waals surface area contributed by atoms with Gasteiger partial charge in [0.25, 0.3) is 5.91 Å². The van der Waals surface area contributed by atoms with Gasteiger partial charge in [0.05, 0.1) is 6.54 Å². The first-order valence-corrected chi connectivity index (χ1v) is 10.2. The first-order valence-electron chi connectivity index (χ1n) is 10.2. The summed E-state index contributed by atoms with van der Waals surface area (Å²) in [6, 6.07) is 23.4. The molecule has 30 heavy (non-hydrogen) atoms. The number of nitrogens with zero attached hydrogens (tertiary/aromatic N) is 1. The maximum absolute atomic E-state index is 13.0. The lowest BCUT2D eigenvalue weighted by Gasteiger charge is -2.18. The van der Waals surface area contributed by atoms with E-state index < -0.39 is 0 Å². The third-order valence-corrected chi connectivity index (χ3v) is 5.31. The van der Waals surface area contributed by atoms with Crippen molar-refractivity contribution in [3.05, 3.63) is 95.1 Å². The van der Waals surface area contributed by atoms with E-state index in [2.05, 4.69) is 16.7 Å². The molecule has 0 spiro atoms. The van der Waals surface area contributed by atoms with Crippen molar-refractivity contribution in [2.24, 2.45) is 0 Å². The molecule has 0 bridgehead atoms. The molecular weight excluding hydrogens is 374 g/mol. The second-order valence-electron chi connectivity index (χ2n) is 7.53. The van der Waals surface area contributed by atoms with Gasteiger partial charge in [-0.3, -0.25) is 9.59 Å². The molecule has 4 rings (SSSR count). The number of rotatable bonds is 6. The van der Waals surface area contributed by atoms with Crippen LogP contribution in [-0.2, 0) is 17.8 Å². The SMILES string of the molecule is Cc1ccc(CNC(=O)CNc2cccc(C(=O)N3CCc4ccccc43)c2)cc1. The molecule has 3 aromatic rings. The Balaban J connectivity index is 1.34. The van der Waals surface area contributed by atoms with Gasteiger partial charge in [-0.2, -0.15) is 0 Å². The highest BCUT2D eigenvalue weighted by molar-refractivity contribution is 6.07.